The summed E-state index contributed by atoms with van der Waals surface area (Å²) in [4.78, 5) is 11.5. The standard InChI is InChI=1S/C9H19N3O3S/c1-2-12-16(14,15)6-5-11-9(13)8-3-4-10-7-8/h8,10,12H,2-7H2,1H3,(H,11,13). The molecule has 0 saturated carbocycles. The molecular formula is C9H19N3O3S. The Kier molecular flexibility index (Phi) is 5.17. The summed E-state index contributed by atoms with van der Waals surface area (Å²) in [6, 6.07) is 0. The van der Waals surface area contributed by atoms with Crippen LogP contribution in [0, 0.1) is 5.92 Å². The Morgan fingerprint density at radius 3 is 2.81 bits per heavy atom. The average Bonchev–Trinajstić information content (AvgIpc) is 2.69. The van der Waals surface area contributed by atoms with Crippen molar-refractivity contribution in [3.8, 4) is 0 Å². The molecule has 3 N–H and O–H groups in total. The molecule has 1 amide bonds. The number of nitrogens with one attached hydrogen (secondary N) is 3. The number of carbonyl (C=O) groups is 1. The number of amides is 1. The third kappa shape index (κ3) is 4.46. The Balaban J connectivity index is 2.22. The molecular weight excluding hydrogens is 230 g/mol. The number of sulfonamides is 1. The SMILES string of the molecule is CCNS(=O)(=O)CCNC(=O)C1CCNC1. The zero-order valence-corrected chi connectivity index (χ0v) is 10.3. The summed E-state index contributed by atoms with van der Waals surface area (Å²) in [7, 11) is -3.23. The lowest BCUT2D eigenvalue weighted by Gasteiger charge is -2.10. The highest BCUT2D eigenvalue weighted by Crippen LogP contribution is 2.06. The van der Waals surface area contributed by atoms with Crippen LogP contribution < -0.4 is 15.4 Å². The normalized spacial score (nSPS) is 20.9. The van der Waals surface area contributed by atoms with E-state index in [-0.39, 0.29) is 24.1 Å². The second kappa shape index (κ2) is 6.17. The van der Waals surface area contributed by atoms with E-state index in [0.29, 0.717) is 13.1 Å². The van der Waals surface area contributed by atoms with E-state index >= 15 is 0 Å². The van der Waals surface area contributed by atoms with Gasteiger partial charge >= 0.3 is 0 Å². The lowest BCUT2D eigenvalue weighted by molar-refractivity contribution is -0.124. The molecule has 16 heavy (non-hydrogen) atoms. The number of hydrogen-bond donors (Lipinski definition) is 3. The molecule has 0 aromatic rings. The van der Waals surface area contributed by atoms with Gasteiger partial charge in [-0.1, -0.05) is 6.92 Å². The van der Waals surface area contributed by atoms with Crippen LogP contribution in [0.5, 0.6) is 0 Å². The third-order valence-corrected chi connectivity index (χ3v) is 3.94. The van der Waals surface area contributed by atoms with Crippen molar-refractivity contribution >= 4 is 15.9 Å². The van der Waals surface area contributed by atoms with Gasteiger partial charge in [-0.2, -0.15) is 0 Å². The predicted molar refractivity (Wildman–Crippen MR) is 61.4 cm³/mol. The van der Waals surface area contributed by atoms with Crippen LogP contribution in [-0.4, -0.2) is 46.3 Å². The van der Waals surface area contributed by atoms with Crippen LogP contribution in [0.25, 0.3) is 0 Å². The van der Waals surface area contributed by atoms with Gasteiger partial charge in [0.2, 0.25) is 15.9 Å². The van der Waals surface area contributed by atoms with Crippen LogP contribution in [0.3, 0.4) is 0 Å². The maximum atomic E-state index is 11.5. The fourth-order valence-corrected chi connectivity index (χ4v) is 2.58. The first kappa shape index (κ1) is 13.4. The number of hydrogen-bond acceptors (Lipinski definition) is 4. The zero-order chi connectivity index (χ0) is 12.0. The Morgan fingerprint density at radius 1 is 1.50 bits per heavy atom. The lowest BCUT2D eigenvalue weighted by atomic mass is 10.1. The van der Waals surface area contributed by atoms with E-state index in [9.17, 15) is 13.2 Å². The average molecular weight is 249 g/mol. The van der Waals surface area contributed by atoms with Crippen LogP contribution in [0.1, 0.15) is 13.3 Å². The van der Waals surface area contributed by atoms with E-state index in [2.05, 4.69) is 15.4 Å². The van der Waals surface area contributed by atoms with Crippen molar-refractivity contribution in [3.05, 3.63) is 0 Å². The molecule has 1 rings (SSSR count). The van der Waals surface area contributed by atoms with Gasteiger partial charge < -0.3 is 10.6 Å². The quantitative estimate of drug-likeness (QED) is 0.543. The van der Waals surface area contributed by atoms with Crippen molar-refractivity contribution in [3.63, 3.8) is 0 Å². The Bertz CT molecular complexity index is 323. The smallest absolute Gasteiger partial charge is 0.224 e. The second-order valence-corrected chi connectivity index (χ2v) is 5.72. The maximum absolute atomic E-state index is 11.5. The molecule has 1 unspecified atom stereocenters. The van der Waals surface area contributed by atoms with Crippen LogP contribution in [0.15, 0.2) is 0 Å². The van der Waals surface area contributed by atoms with Gasteiger partial charge in [0.1, 0.15) is 0 Å². The minimum absolute atomic E-state index is 0.0122. The van der Waals surface area contributed by atoms with Gasteiger partial charge in [-0.05, 0) is 13.0 Å². The summed E-state index contributed by atoms with van der Waals surface area (Å²) < 4.78 is 24.9. The molecule has 94 valence electrons. The summed E-state index contributed by atoms with van der Waals surface area (Å²) in [6.07, 6.45) is 0.825. The summed E-state index contributed by atoms with van der Waals surface area (Å²) >= 11 is 0. The number of carbonyl (C=O) groups excluding carboxylic acids is 1. The van der Waals surface area contributed by atoms with Gasteiger partial charge in [0.25, 0.3) is 0 Å². The van der Waals surface area contributed by atoms with Crippen molar-refractivity contribution in [2.75, 3.05) is 31.9 Å². The Labute approximate surface area is 96.2 Å². The summed E-state index contributed by atoms with van der Waals surface area (Å²) in [5, 5.41) is 5.73. The highest BCUT2D eigenvalue weighted by molar-refractivity contribution is 7.89. The van der Waals surface area contributed by atoms with E-state index in [1.165, 1.54) is 0 Å². The van der Waals surface area contributed by atoms with Crippen molar-refractivity contribution in [1.82, 2.24) is 15.4 Å². The monoisotopic (exact) mass is 249 g/mol. The van der Waals surface area contributed by atoms with Crippen LogP contribution >= 0.6 is 0 Å². The largest absolute Gasteiger partial charge is 0.355 e. The van der Waals surface area contributed by atoms with Crippen LogP contribution in [-0.2, 0) is 14.8 Å². The van der Waals surface area contributed by atoms with Crippen LogP contribution in [0.2, 0.25) is 0 Å². The van der Waals surface area contributed by atoms with Gasteiger partial charge in [0, 0.05) is 19.6 Å². The van der Waals surface area contributed by atoms with E-state index in [1.807, 2.05) is 0 Å². The third-order valence-electron chi connectivity index (χ3n) is 2.47. The summed E-state index contributed by atoms with van der Waals surface area (Å²) in [5.74, 6) is -0.134. The molecule has 1 saturated heterocycles. The zero-order valence-electron chi connectivity index (χ0n) is 9.45. The molecule has 0 aromatic heterocycles. The van der Waals surface area contributed by atoms with E-state index in [0.717, 1.165) is 13.0 Å². The van der Waals surface area contributed by atoms with Gasteiger partial charge in [0.15, 0.2) is 0 Å². The molecule has 0 radical (unpaired) electrons. The topological polar surface area (TPSA) is 87.3 Å². The van der Waals surface area contributed by atoms with Crippen LogP contribution in [0.4, 0.5) is 0 Å². The maximum Gasteiger partial charge on any atom is 0.224 e. The minimum Gasteiger partial charge on any atom is -0.355 e. The van der Waals surface area contributed by atoms with E-state index in [1.54, 1.807) is 6.92 Å². The molecule has 7 heteroatoms. The Hall–Kier alpha value is -0.660. The summed E-state index contributed by atoms with van der Waals surface area (Å²) in [5.41, 5.74) is 0. The molecule has 1 atom stereocenters. The van der Waals surface area contributed by atoms with Crippen molar-refractivity contribution in [2.45, 2.75) is 13.3 Å². The second-order valence-electron chi connectivity index (χ2n) is 3.80. The summed E-state index contributed by atoms with van der Waals surface area (Å²) in [6.45, 7) is 3.81. The van der Waals surface area contributed by atoms with Crippen molar-refractivity contribution in [1.29, 1.82) is 0 Å². The predicted octanol–water partition coefficient (Wildman–Crippen LogP) is -1.35. The molecule has 0 aliphatic carbocycles. The highest BCUT2D eigenvalue weighted by atomic mass is 32.2. The highest BCUT2D eigenvalue weighted by Gasteiger charge is 2.22. The fourth-order valence-electron chi connectivity index (χ4n) is 1.62. The first-order valence-corrected chi connectivity index (χ1v) is 7.16. The van der Waals surface area contributed by atoms with Gasteiger partial charge in [-0.3, -0.25) is 4.79 Å². The molecule has 1 aliphatic rings. The number of rotatable bonds is 6. The first-order valence-electron chi connectivity index (χ1n) is 5.51. The van der Waals surface area contributed by atoms with E-state index in [4.69, 9.17) is 0 Å². The van der Waals surface area contributed by atoms with Crippen molar-refractivity contribution < 1.29 is 13.2 Å². The van der Waals surface area contributed by atoms with Gasteiger partial charge in [0.05, 0.1) is 11.7 Å². The van der Waals surface area contributed by atoms with Gasteiger partial charge in [-0.15, -0.1) is 0 Å². The molecule has 1 heterocycles. The first-order chi connectivity index (χ1) is 7.55. The molecule has 0 aromatic carbocycles. The fraction of sp³-hybridized carbons (Fsp3) is 0.889. The van der Waals surface area contributed by atoms with Crippen molar-refractivity contribution in [2.24, 2.45) is 5.92 Å². The molecule has 1 fully saturated rings. The molecule has 6 nitrogen and oxygen atoms in total. The molecule has 1 aliphatic heterocycles. The molecule has 0 spiro atoms. The minimum atomic E-state index is -3.23. The van der Waals surface area contributed by atoms with Gasteiger partial charge in [-0.25, -0.2) is 13.1 Å². The van der Waals surface area contributed by atoms with E-state index < -0.39 is 10.0 Å². The Morgan fingerprint density at radius 2 is 2.25 bits per heavy atom. The molecule has 0 bridgehead atoms. The lowest BCUT2D eigenvalue weighted by Crippen LogP contribution is -2.37.